The number of hydrogen-bond donors (Lipinski definition) is 1. The smallest absolute Gasteiger partial charge is 0.251 e. The third-order valence-electron chi connectivity index (χ3n) is 2.75. The number of carbonyl (C=O) groups excluding carboxylic acids is 1. The summed E-state index contributed by atoms with van der Waals surface area (Å²) in [7, 11) is 0. The third-order valence-corrected chi connectivity index (χ3v) is 3.71. The average Bonchev–Trinajstić information content (AvgIpc) is 2.38. The number of nitrogens with zero attached hydrogens (tertiary/aromatic N) is 1. The molecule has 0 aliphatic heterocycles. The Morgan fingerprint density at radius 2 is 2.10 bits per heavy atom. The molecule has 0 unspecified atom stereocenters. The molecule has 5 heteroatoms. The first-order valence-electron chi connectivity index (χ1n) is 6.48. The van der Waals surface area contributed by atoms with Crippen molar-refractivity contribution in [3.8, 4) is 0 Å². The lowest BCUT2D eigenvalue weighted by Gasteiger charge is -2.06. The highest BCUT2D eigenvalue weighted by Gasteiger charge is 2.10. The maximum Gasteiger partial charge on any atom is 0.251 e. The zero-order chi connectivity index (χ0) is 14.5. The first-order valence-corrected chi connectivity index (χ1v) is 7.30. The SMILES string of the molecule is CCCc1cc(=O)[nH]c(Sc2ccccc2C(C)=O)n1. The van der Waals surface area contributed by atoms with Crippen molar-refractivity contribution in [3.63, 3.8) is 0 Å². The van der Waals surface area contributed by atoms with Crippen molar-refractivity contribution < 1.29 is 4.79 Å². The van der Waals surface area contributed by atoms with Gasteiger partial charge in [0.15, 0.2) is 10.9 Å². The Kier molecular flexibility index (Phi) is 4.74. The highest BCUT2D eigenvalue weighted by atomic mass is 32.2. The Morgan fingerprint density at radius 1 is 1.35 bits per heavy atom. The van der Waals surface area contributed by atoms with E-state index in [1.54, 1.807) is 6.07 Å². The molecule has 0 fully saturated rings. The van der Waals surface area contributed by atoms with E-state index in [1.807, 2.05) is 25.1 Å². The van der Waals surface area contributed by atoms with Crippen molar-refractivity contribution in [2.75, 3.05) is 0 Å². The molecule has 0 amide bonds. The molecular weight excluding hydrogens is 272 g/mol. The van der Waals surface area contributed by atoms with Gasteiger partial charge in [0.1, 0.15) is 0 Å². The molecule has 0 saturated carbocycles. The second kappa shape index (κ2) is 6.52. The summed E-state index contributed by atoms with van der Waals surface area (Å²) in [5, 5.41) is 0.523. The number of carbonyl (C=O) groups is 1. The Bertz CT molecular complexity index is 680. The second-order valence-electron chi connectivity index (χ2n) is 4.45. The summed E-state index contributed by atoms with van der Waals surface area (Å²) in [6.45, 7) is 3.57. The maximum absolute atomic E-state index is 11.6. The van der Waals surface area contributed by atoms with Gasteiger partial charge in [-0.2, -0.15) is 0 Å². The Balaban J connectivity index is 2.35. The van der Waals surface area contributed by atoms with Gasteiger partial charge in [-0.15, -0.1) is 0 Å². The fourth-order valence-corrected chi connectivity index (χ4v) is 2.86. The molecule has 1 heterocycles. The summed E-state index contributed by atoms with van der Waals surface area (Å²) >= 11 is 1.31. The van der Waals surface area contributed by atoms with Crippen LogP contribution in [0.15, 0.2) is 45.2 Å². The lowest BCUT2D eigenvalue weighted by molar-refractivity contribution is 0.101. The summed E-state index contributed by atoms with van der Waals surface area (Å²) in [5.41, 5.74) is 1.26. The van der Waals surface area contributed by atoms with Gasteiger partial charge in [-0.3, -0.25) is 9.59 Å². The number of aryl methyl sites for hydroxylation is 1. The zero-order valence-corrected chi connectivity index (χ0v) is 12.3. The van der Waals surface area contributed by atoms with Crippen molar-refractivity contribution in [2.45, 2.75) is 36.7 Å². The Morgan fingerprint density at radius 3 is 2.80 bits per heavy atom. The standard InChI is InChI=1S/C15H16N2O2S/c1-3-6-11-9-14(19)17-15(16-11)20-13-8-5-4-7-12(13)10(2)18/h4-5,7-9H,3,6H2,1-2H3,(H,16,17,19). The lowest BCUT2D eigenvalue weighted by Crippen LogP contribution is -2.10. The van der Waals surface area contributed by atoms with Crippen LogP contribution < -0.4 is 5.56 Å². The minimum atomic E-state index is -0.161. The van der Waals surface area contributed by atoms with Gasteiger partial charge in [-0.25, -0.2) is 4.98 Å². The molecule has 0 spiro atoms. The molecule has 0 radical (unpaired) electrons. The number of ketones is 1. The van der Waals surface area contributed by atoms with E-state index >= 15 is 0 Å². The van der Waals surface area contributed by atoms with Crippen molar-refractivity contribution in [2.24, 2.45) is 0 Å². The predicted molar refractivity (Wildman–Crippen MR) is 79.4 cm³/mol. The Hall–Kier alpha value is -1.88. The van der Waals surface area contributed by atoms with Crippen molar-refractivity contribution in [1.82, 2.24) is 9.97 Å². The highest BCUT2D eigenvalue weighted by molar-refractivity contribution is 7.99. The molecule has 0 aliphatic carbocycles. The van der Waals surface area contributed by atoms with Gasteiger partial charge < -0.3 is 4.98 Å². The fourth-order valence-electron chi connectivity index (χ4n) is 1.87. The van der Waals surface area contributed by atoms with Crippen LogP contribution in [-0.2, 0) is 6.42 Å². The van der Waals surface area contributed by atoms with Crippen LogP contribution in [0.1, 0.15) is 36.3 Å². The largest absolute Gasteiger partial charge is 0.301 e. The summed E-state index contributed by atoms with van der Waals surface area (Å²) in [4.78, 5) is 31.1. The van der Waals surface area contributed by atoms with Gasteiger partial charge in [-0.05, 0) is 19.4 Å². The molecule has 20 heavy (non-hydrogen) atoms. The first-order chi connectivity index (χ1) is 9.60. The Labute approximate surface area is 121 Å². The molecular formula is C15H16N2O2S. The van der Waals surface area contributed by atoms with Crippen LogP contribution in [0, 0.1) is 0 Å². The van der Waals surface area contributed by atoms with Crippen molar-refractivity contribution in [3.05, 3.63) is 51.9 Å². The minimum Gasteiger partial charge on any atom is -0.301 e. The number of H-pyrrole nitrogens is 1. The van der Waals surface area contributed by atoms with Crippen LogP contribution in [0.25, 0.3) is 0 Å². The molecule has 0 bridgehead atoms. The van der Waals surface area contributed by atoms with Gasteiger partial charge in [0, 0.05) is 22.2 Å². The van der Waals surface area contributed by atoms with Crippen LogP contribution in [0.3, 0.4) is 0 Å². The number of nitrogens with one attached hydrogen (secondary N) is 1. The topological polar surface area (TPSA) is 62.8 Å². The van der Waals surface area contributed by atoms with Crippen LogP contribution in [0.4, 0.5) is 0 Å². The summed E-state index contributed by atoms with van der Waals surface area (Å²) in [6, 6.07) is 8.84. The maximum atomic E-state index is 11.6. The number of Topliss-reactive ketones (excluding diaryl/α,β-unsaturated/α-hetero) is 1. The fraction of sp³-hybridized carbons (Fsp3) is 0.267. The van der Waals surface area contributed by atoms with Crippen molar-refractivity contribution >= 4 is 17.5 Å². The van der Waals surface area contributed by atoms with Crippen molar-refractivity contribution in [1.29, 1.82) is 0 Å². The van der Waals surface area contributed by atoms with Gasteiger partial charge in [-0.1, -0.05) is 43.3 Å². The lowest BCUT2D eigenvalue weighted by atomic mass is 10.1. The molecule has 2 rings (SSSR count). The molecule has 1 aromatic carbocycles. The summed E-state index contributed by atoms with van der Waals surface area (Å²) < 4.78 is 0. The van der Waals surface area contributed by atoms with E-state index in [0.717, 1.165) is 23.4 Å². The van der Waals surface area contributed by atoms with E-state index in [4.69, 9.17) is 0 Å². The van der Waals surface area contributed by atoms with Gasteiger partial charge in [0.25, 0.3) is 5.56 Å². The van der Waals surface area contributed by atoms with E-state index in [9.17, 15) is 9.59 Å². The number of benzene rings is 1. The van der Waals surface area contributed by atoms with Crippen LogP contribution >= 0.6 is 11.8 Å². The summed E-state index contributed by atoms with van der Waals surface area (Å²) in [5.74, 6) is 0.000148. The number of aromatic nitrogens is 2. The van der Waals surface area contributed by atoms with Crippen LogP contribution in [-0.4, -0.2) is 15.8 Å². The predicted octanol–water partition coefficient (Wildman–Crippen LogP) is 3.08. The molecule has 4 nitrogen and oxygen atoms in total. The second-order valence-corrected chi connectivity index (χ2v) is 5.48. The van der Waals surface area contributed by atoms with E-state index in [0.29, 0.717) is 10.7 Å². The normalized spacial score (nSPS) is 10.5. The van der Waals surface area contributed by atoms with E-state index in [1.165, 1.54) is 24.8 Å². The summed E-state index contributed by atoms with van der Waals surface area (Å²) in [6.07, 6.45) is 1.70. The van der Waals surface area contributed by atoms with Crippen LogP contribution in [0.2, 0.25) is 0 Å². The number of rotatable bonds is 5. The molecule has 104 valence electrons. The third kappa shape index (κ3) is 3.57. The zero-order valence-electron chi connectivity index (χ0n) is 11.5. The minimum absolute atomic E-state index is 0.000148. The van der Waals surface area contributed by atoms with Crippen LogP contribution in [0.5, 0.6) is 0 Å². The molecule has 1 aromatic heterocycles. The molecule has 2 aromatic rings. The molecule has 0 saturated heterocycles. The highest BCUT2D eigenvalue weighted by Crippen LogP contribution is 2.27. The van der Waals surface area contributed by atoms with E-state index in [2.05, 4.69) is 9.97 Å². The first kappa shape index (κ1) is 14.5. The van der Waals surface area contributed by atoms with Gasteiger partial charge in [0.05, 0.1) is 0 Å². The van der Waals surface area contributed by atoms with Gasteiger partial charge >= 0.3 is 0 Å². The molecule has 1 N–H and O–H groups in total. The van der Waals surface area contributed by atoms with E-state index in [-0.39, 0.29) is 11.3 Å². The number of hydrogen-bond acceptors (Lipinski definition) is 4. The van der Waals surface area contributed by atoms with E-state index < -0.39 is 0 Å². The monoisotopic (exact) mass is 288 g/mol. The number of aromatic amines is 1. The molecule has 0 aliphatic rings. The molecule has 0 atom stereocenters. The average molecular weight is 288 g/mol. The van der Waals surface area contributed by atoms with Gasteiger partial charge in [0.2, 0.25) is 0 Å². The quantitative estimate of drug-likeness (QED) is 0.678.